The van der Waals surface area contributed by atoms with E-state index in [-0.39, 0.29) is 5.97 Å². The van der Waals surface area contributed by atoms with Crippen LogP contribution in [0, 0.1) is 5.41 Å². The molecular weight excluding hydrogens is 316 g/mol. The zero-order valence-electron chi connectivity index (χ0n) is 12.1. The van der Waals surface area contributed by atoms with Crippen LogP contribution in [0.5, 0.6) is 0 Å². The van der Waals surface area contributed by atoms with Crippen LogP contribution in [0.1, 0.15) is 45.1 Å². The lowest BCUT2D eigenvalue weighted by atomic mass is 9.75. The van der Waals surface area contributed by atoms with Crippen LogP contribution >= 0.6 is 15.9 Å². The summed E-state index contributed by atoms with van der Waals surface area (Å²) >= 11 is 3.42. The molecule has 1 aromatic carbocycles. The molecule has 0 amide bonds. The number of halogens is 1. The zero-order chi connectivity index (χ0) is 14.6. The van der Waals surface area contributed by atoms with Crippen molar-refractivity contribution in [3.8, 4) is 0 Å². The number of allylic oxidation sites excluding steroid dienone is 1. The first-order valence-corrected chi connectivity index (χ1v) is 7.86. The lowest BCUT2D eigenvalue weighted by Crippen LogP contribution is -2.18. The first-order chi connectivity index (χ1) is 9.48. The molecule has 1 saturated carbocycles. The predicted molar refractivity (Wildman–Crippen MR) is 84.4 cm³/mol. The molecule has 0 heterocycles. The molecule has 2 rings (SSSR count). The second-order valence-corrected chi connectivity index (χ2v) is 6.94. The molecule has 2 nitrogen and oxygen atoms in total. The molecule has 1 fully saturated rings. The number of benzene rings is 1. The molecule has 0 radical (unpaired) electrons. The van der Waals surface area contributed by atoms with Crippen molar-refractivity contribution in [2.45, 2.75) is 46.1 Å². The van der Waals surface area contributed by atoms with Gasteiger partial charge in [0.2, 0.25) is 0 Å². The Balaban J connectivity index is 1.92. The Hall–Kier alpha value is -1.09. The molecule has 20 heavy (non-hydrogen) atoms. The minimum atomic E-state index is -0.247. The van der Waals surface area contributed by atoms with Crippen LogP contribution in [0.25, 0.3) is 0 Å². The number of hydrogen-bond acceptors (Lipinski definition) is 2. The Morgan fingerprint density at radius 1 is 1.20 bits per heavy atom. The average Bonchev–Trinajstić information content (AvgIpc) is 2.45. The zero-order valence-corrected chi connectivity index (χ0v) is 13.7. The third kappa shape index (κ3) is 4.20. The Kier molecular flexibility index (Phi) is 5.03. The van der Waals surface area contributed by atoms with Gasteiger partial charge in [0.1, 0.15) is 11.1 Å². The maximum absolute atomic E-state index is 12.0. The van der Waals surface area contributed by atoms with Crippen molar-refractivity contribution in [1.29, 1.82) is 0 Å². The summed E-state index contributed by atoms with van der Waals surface area (Å²) in [7, 11) is 0. The lowest BCUT2D eigenvalue weighted by molar-refractivity contribution is -0.139. The summed E-state index contributed by atoms with van der Waals surface area (Å²) in [5.74, 6) is -0.247. The summed E-state index contributed by atoms with van der Waals surface area (Å²) in [6.45, 7) is 4.89. The molecule has 0 atom stereocenters. The largest absolute Gasteiger partial charge is 0.457 e. The van der Waals surface area contributed by atoms with Crippen molar-refractivity contribution >= 4 is 21.9 Å². The molecule has 0 spiro atoms. The fourth-order valence-corrected chi connectivity index (χ4v) is 2.89. The Labute approximate surface area is 129 Å². The van der Waals surface area contributed by atoms with Crippen LogP contribution in [0.3, 0.4) is 0 Å². The minimum Gasteiger partial charge on any atom is -0.457 e. The normalized spacial score (nSPS) is 17.6. The van der Waals surface area contributed by atoms with Crippen LogP contribution in [-0.4, -0.2) is 5.97 Å². The summed E-state index contributed by atoms with van der Waals surface area (Å²) in [4.78, 5) is 12.0. The molecule has 0 bridgehead atoms. The van der Waals surface area contributed by atoms with Gasteiger partial charge >= 0.3 is 5.97 Å². The SMILES string of the molecule is CC1(C)CCC(=C(Br)C(=O)OCc2ccccc2)CC1. The Morgan fingerprint density at radius 2 is 1.80 bits per heavy atom. The van der Waals surface area contributed by atoms with Gasteiger partial charge in [-0.15, -0.1) is 0 Å². The number of carbonyl (C=O) groups excluding carboxylic acids is 1. The standard InChI is InChI=1S/C17H21BrO2/c1-17(2)10-8-14(9-11-17)15(18)16(19)20-12-13-6-4-3-5-7-13/h3-7H,8-12H2,1-2H3. The summed E-state index contributed by atoms with van der Waals surface area (Å²) in [6.07, 6.45) is 4.22. The highest BCUT2D eigenvalue weighted by Crippen LogP contribution is 2.39. The molecule has 108 valence electrons. The van der Waals surface area contributed by atoms with E-state index in [2.05, 4.69) is 29.8 Å². The fraction of sp³-hybridized carbons (Fsp3) is 0.471. The smallest absolute Gasteiger partial charge is 0.345 e. The van der Waals surface area contributed by atoms with E-state index in [1.54, 1.807) is 0 Å². The summed E-state index contributed by atoms with van der Waals surface area (Å²) in [5.41, 5.74) is 2.60. The van der Waals surface area contributed by atoms with Crippen LogP contribution in [0.2, 0.25) is 0 Å². The second-order valence-electron chi connectivity index (χ2n) is 6.14. The Bertz CT molecular complexity index is 491. The monoisotopic (exact) mass is 336 g/mol. The van der Waals surface area contributed by atoms with Crippen molar-refractivity contribution in [3.63, 3.8) is 0 Å². The quantitative estimate of drug-likeness (QED) is 0.574. The van der Waals surface area contributed by atoms with E-state index in [1.807, 2.05) is 30.3 Å². The van der Waals surface area contributed by atoms with Crippen molar-refractivity contribution in [2.75, 3.05) is 0 Å². The van der Waals surface area contributed by atoms with E-state index in [9.17, 15) is 4.79 Å². The molecule has 1 aliphatic rings. The van der Waals surface area contributed by atoms with Gasteiger partial charge in [-0.2, -0.15) is 0 Å². The maximum Gasteiger partial charge on any atom is 0.345 e. The highest BCUT2D eigenvalue weighted by molar-refractivity contribution is 9.12. The summed E-state index contributed by atoms with van der Waals surface area (Å²) in [6, 6.07) is 9.75. The van der Waals surface area contributed by atoms with Crippen LogP contribution in [0.4, 0.5) is 0 Å². The van der Waals surface area contributed by atoms with Gasteiger partial charge in [-0.05, 0) is 58.2 Å². The average molecular weight is 337 g/mol. The van der Waals surface area contributed by atoms with E-state index in [4.69, 9.17) is 4.74 Å². The van der Waals surface area contributed by atoms with Crippen molar-refractivity contribution in [1.82, 2.24) is 0 Å². The van der Waals surface area contributed by atoms with Crippen LogP contribution in [-0.2, 0) is 16.1 Å². The first-order valence-electron chi connectivity index (χ1n) is 7.06. The topological polar surface area (TPSA) is 26.3 Å². The summed E-state index contributed by atoms with van der Waals surface area (Å²) in [5, 5.41) is 0. The van der Waals surface area contributed by atoms with Crippen molar-refractivity contribution in [2.24, 2.45) is 5.41 Å². The second kappa shape index (κ2) is 6.57. The van der Waals surface area contributed by atoms with E-state index >= 15 is 0 Å². The van der Waals surface area contributed by atoms with Gasteiger partial charge in [0, 0.05) is 0 Å². The van der Waals surface area contributed by atoms with Crippen LogP contribution in [0.15, 0.2) is 40.4 Å². The Morgan fingerprint density at radius 3 is 2.40 bits per heavy atom. The number of rotatable bonds is 3. The highest BCUT2D eigenvalue weighted by Gasteiger charge is 2.26. The van der Waals surface area contributed by atoms with E-state index < -0.39 is 0 Å². The number of hydrogen-bond donors (Lipinski definition) is 0. The van der Waals surface area contributed by atoms with Crippen molar-refractivity contribution < 1.29 is 9.53 Å². The predicted octanol–water partition coefficient (Wildman–Crippen LogP) is 4.98. The van der Waals surface area contributed by atoms with Gasteiger partial charge < -0.3 is 4.74 Å². The molecular formula is C17H21BrO2. The molecule has 0 unspecified atom stereocenters. The third-order valence-corrected chi connectivity index (χ3v) is 4.79. The lowest BCUT2D eigenvalue weighted by Gasteiger charge is -2.31. The molecule has 0 aliphatic heterocycles. The van der Waals surface area contributed by atoms with Crippen LogP contribution < -0.4 is 0 Å². The van der Waals surface area contributed by atoms with E-state index in [1.165, 1.54) is 5.57 Å². The molecule has 3 heteroatoms. The molecule has 0 aromatic heterocycles. The highest BCUT2D eigenvalue weighted by atomic mass is 79.9. The third-order valence-electron chi connectivity index (χ3n) is 3.91. The van der Waals surface area contributed by atoms with Gasteiger partial charge in [0.15, 0.2) is 0 Å². The first kappa shape index (κ1) is 15.3. The summed E-state index contributed by atoms with van der Waals surface area (Å²) < 4.78 is 5.98. The van der Waals surface area contributed by atoms with Crippen molar-refractivity contribution in [3.05, 3.63) is 46.0 Å². The minimum absolute atomic E-state index is 0.247. The molecule has 1 aromatic rings. The maximum atomic E-state index is 12.0. The van der Waals surface area contributed by atoms with Gasteiger partial charge in [-0.3, -0.25) is 0 Å². The number of esters is 1. The number of carbonyl (C=O) groups is 1. The van der Waals surface area contributed by atoms with Gasteiger partial charge in [0.05, 0.1) is 0 Å². The van der Waals surface area contributed by atoms with E-state index in [0.29, 0.717) is 16.5 Å². The van der Waals surface area contributed by atoms with Gasteiger partial charge in [-0.1, -0.05) is 44.2 Å². The van der Waals surface area contributed by atoms with E-state index in [0.717, 1.165) is 31.2 Å². The van der Waals surface area contributed by atoms with Gasteiger partial charge in [-0.25, -0.2) is 4.79 Å². The fourth-order valence-electron chi connectivity index (χ4n) is 2.38. The number of ether oxygens (including phenoxy) is 1. The van der Waals surface area contributed by atoms with Gasteiger partial charge in [0.25, 0.3) is 0 Å². The molecule has 0 N–H and O–H groups in total. The molecule has 1 aliphatic carbocycles. The molecule has 0 saturated heterocycles.